The fourth-order valence-corrected chi connectivity index (χ4v) is 3.57. The third kappa shape index (κ3) is 4.70. The van der Waals surface area contributed by atoms with E-state index in [1.807, 2.05) is 6.92 Å². The molecule has 0 heterocycles. The minimum Gasteiger partial charge on any atom is -0.349 e. The smallest absolute Gasteiger partial charge is 0.251 e. The minimum atomic E-state index is -3.72. The van der Waals surface area contributed by atoms with Gasteiger partial charge in [0.25, 0.3) is 5.91 Å². The van der Waals surface area contributed by atoms with E-state index < -0.39 is 21.5 Å². The lowest BCUT2D eigenvalue weighted by Gasteiger charge is -2.09. The SMILES string of the molecule is Cc1ccc(S(=O)(=O)CC(=O)Nc2cccc(C(=O)NC3CC3)c2)cc1. The molecule has 7 heteroatoms. The van der Waals surface area contributed by atoms with Crippen LogP contribution in [0.2, 0.25) is 0 Å². The van der Waals surface area contributed by atoms with E-state index in [4.69, 9.17) is 0 Å². The molecule has 2 N–H and O–H groups in total. The van der Waals surface area contributed by atoms with Crippen molar-refractivity contribution in [3.63, 3.8) is 0 Å². The Morgan fingerprint density at radius 1 is 1.08 bits per heavy atom. The monoisotopic (exact) mass is 372 g/mol. The number of rotatable bonds is 6. The largest absolute Gasteiger partial charge is 0.349 e. The molecule has 136 valence electrons. The molecule has 1 aliphatic rings. The first kappa shape index (κ1) is 18.1. The number of hydrogen-bond acceptors (Lipinski definition) is 4. The second-order valence-electron chi connectivity index (χ2n) is 6.45. The maximum absolute atomic E-state index is 12.3. The number of sulfone groups is 1. The van der Waals surface area contributed by atoms with Crippen molar-refractivity contribution < 1.29 is 18.0 Å². The van der Waals surface area contributed by atoms with Gasteiger partial charge in [-0.25, -0.2) is 8.42 Å². The molecule has 0 bridgehead atoms. The highest BCUT2D eigenvalue weighted by molar-refractivity contribution is 7.92. The van der Waals surface area contributed by atoms with Crippen LogP contribution in [0, 0.1) is 6.92 Å². The lowest BCUT2D eigenvalue weighted by molar-refractivity contribution is -0.113. The van der Waals surface area contributed by atoms with Gasteiger partial charge in [0.1, 0.15) is 5.75 Å². The van der Waals surface area contributed by atoms with Gasteiger partial charge in [0, 0.05) is 17.3 Å². The van der Waals surface area contributed by atoms with E-state index in [2.05, 4.69) is 10.6 Å². The molecule has 26 heavy (non-hydrogen) atoms. The van der Waals surface area contributed by atoms with E-state index in [1.54, 1.807) is 30.3 Å². The molecule has 0 spiro atoms. The Kier molecular flexibility index (Phi) is 5.08. The van der Waals surface area contributed by atoms with E-state index in [-0.39, 0.29) is 16.8 Å². The van der Waals surface area contributed by atoms with Crippen LogP contribution in [-0.2, 0) is 14.6 Å². The third-order valence-corrected chi connectivity index (χ3v) is 5.65. The fraction of sp³-hybridized carbons (Fsp3) is 0.263. The lowest BCUT2D eigenvalue weighted by Crippen LogP contribution is -2.26. The van der Waals surface area contributed by atoms with Gasteiger partial charge in [-0.15, -0.1) is 0 Å². The number of carbonyl (C=O) groups is 2. The molecular formula is C19H20N2O4S. The van der Waals surface area contributed by atoms with Crippen LogP contribution < -0.4 is 10.6 Å². The summed E-state index contributed by atoms with van der Waals surface area (Å²) < 4.78 is 24.6. The van der Waals surface area contributed by atoms with Crippen molar-refractivity contribution in [1.82, 2.24) is 5.32 Å². The number of nitrogens with one attached hydrogen (secondary N) is 2. The molecule has 0 aliphatic heterocycles. The fourth-order valence-electron chi connectivity index (χ4n) is 2.43. The number of amides is 2. The predicted octanol–water partition coefficient (Wildman–Crippen LogP) is 2.30. The Balaban J connectivity index is 1.65. The molecule has 2 aromatic rings. The van der Waals surface area contributed by atoms with Crippen molar-refractivity contribution in [2.45, 2.75) is 30.7 Å². The van der Waals surface area contributed by atoms with Crippen LogP contribution in [0.15, 0.2) is 53.4 Å². The molecule has 0 aromatic heterocycles. The highest BCUT2D eigenvalue weighted by Crippen LogP contribution is 2.20. The van der Waals surface area contributed by atoms with Gasteiger partial charge >= 0.3 is 0 Å². The predicted molar refractivity (Wildman–Crippen MR) is 98.8 cm³/mol. The zero-order chi connectivity index (χ0) is 18.7. The molecule has 1 saturated carbocycles. The number of benzene rings is 2. The van der Waals surface area contributed by atoms with Crippen LogP contribution in [0.1, 0.15) is 28.8 Å². The van der Waals surface area contributed by atoms with Gasteiger partial charge in [-0.2, -0.15) is 0 Å². The van der Waals surface area contributed by atoms with Crippen LogP contribution in [0.5, 0.6) is 0 Å². The van der Waals surface area contributed by atoms with E-state index in [0.29, 0.717) is 11.3 Å². The normalized spacial score (nSPS) is 13.9. The van der Waals surface area contributed by atoms with Gasteiger partial charge in [-0.05, 0) is 50.1 Å². The molecule has 2 aromatic carbocycles. The quantitative estimate of drug-likeness (QED) is 0.814. The van der Waals surface area contributed by atoms with Crippen molar-refractivity contribution in [1.29, 1.82) is 0 Å². The van der Waals surface area contributed by atoms with E-state index >= 15 is 0 Å². The molecule has 1 fully saturated rings. The maximum Gasteiger partial charge on any atom is 0.251 e. The molecule has 3 rings (SSSR count). The van der Waals surface area contributed by atoms with Gasteiger partial charge in [0.2, 0.25) is 5.91 Å². The zero-order valence-corrected chi connectivity index (χ0v) is 15.2. The minimum absolute atomic E-state index is 0.107. The van der Waals surface area contributed by atoms with Crippen LogP contribution in [0.4, 0.5) is 5.69 Å². The van der Waals surface area contributed by atoms with Crippen LogP contribution in [0.3, 0.4) is 0 Å². The van der Waals surface area contributed by atoms with E-state index in [9.17, 15) is 18.0 Å². The summed E-state index contributed by atoms with van der Waals surface area (Å²) in [5.74, 6) is -1.50. The Hall–Kier alpha value is -2.67. The molecule has 0 saturated heterocycles. The number of anilines is 1. The Labute approximate surface area is 152 Å². The summed E-state index contributed by atoms with van der Waals surface area (Å²) in [7, 11) is -3.72. The lowest BCUT2D eigenvalue weighted by atomic mass is 10.2. The summed E-state index contributed by atoms with van der Waals surface area (Å²) in [6.07, 6.45) is 1.97. The summed E-state index contributed by atoms with van der Waals surface area (Å²) in [6.45, 7) is 1.86. The van der Waals surface area contributed by atoms with Crippen LogP contribution >= 0.6 is 0 Å². The molecule has 0 atom stereocenters. The molecule has 2 amide bonds. The third-order valence-electron chi connectivity index (χ3n) is 4.02. The first-order valence-corrected chi connectivity index (χ1v) is 9.99. The van der Waals surface area contributed by atoms with Crippen molar-refractivity contribution in [2.24, 2.45) is 0 Å². The second kappa shape index (κ2) is 7.29. The number of hydrogen-bond donors (Lipinski definition) is 2. The Morgan fingerprint density at radius 2 is 1.77 bits per heavy atom. The number of carbonyl (C=O) groups excluding carboxylic acids is 2. The Bertz CT molecular complexity index is 932. The van der Waals surface area contributed by atoms with Gasteiger partial charge < -0.3 is 10.6 Å². The van der Waals surface area contributed by atoms with Crippen molar-refractivity contribution >= 4 is 27.3 Å². The van der Waals surface area contributed by atoms with Crippen LogP contribution in [-0.4, -0.2) is 32.0 Å². The zero-order valence-electron chi connectivity index (χ0n) is 14.4. The van der Waals surface area contributed by atoms with Gasteiger partial charge in [-0.1, -0.05) is 23.8 Å². The maximum atomic E-state index is 12.3. The first-order chi connectivity index (χ1) is 12.3. The van der Waals surface area contributed by atoms with Crippen molar-refractivity contribution in [3.8, 4) is 0 Å². The van der Waals surface area contributed by atoms with Crippen molar-refractivity contribution in [3.05, 3.63) is 59.7 Å². The van der Waals surface area contributed by atoms with E-state index in [1.165, 1.54) is 18.2 Å². The van der Waals surface area contributed by atoms with Gasteiger partial charge in [-0.3, -0.25) is 9.59 Å². The highest BCUT2D eigenvalue weighted by Gasteiger charge is 2.24. The molecule has 6 nitrogen and oxygen atoms in total. The Morgan fingerprint density at radius 3 is 2.42 bits per heavy atom. The van der Waals surface area contributed by atoms with E-state index in [0.717, 1.165) is 18.4 Å². The summed E-state index contributed by atoms with van der Waals surface area (Å²) in [6, 6.07) is 13.0. The van der Waals surface area contributed by atoms with Crippen LogP contribution in [0.25, 0.3) is 0 Å². The average molecular weight is 372 g/mol. The van der Waals surface area contributed by atoms with Crippen molar-refractivity contribution in [2.75, 3.05) is 11.1 Å². The van der Waals surface area contributed by atoms with Gasteiger partial charge in [0.15, 0.2) is 9.84 Å². The van der Waals surface area contributed by atoms with Gasteiger partial charge in [0.05, 0.1) is 4.90 Å². The summed E-state index contributed by atoms with van der Waals surface area (Å²) in [4.78, 5) is 24.3. The number of aryl methyl sites for hydroxylation is 1. The first-order valence-electron chi connectivity index (χ1n) is 8.34. The molecule has 1 aliphatic carbocycles. The molecule has 0 radical (unpaired) electrons. The summed E-state index contributed by atoms with van der Waals surface area (Å²) >= 11 is 0. The highest BCUT2D eigenvalue weighted by atomic mass is 32.2. The molecule has 0 unspecified atom stereocenters. The molecular weight excluding hydrogens is 352 g/mol. The standard InChI is InChI=1S/C19H20N2O4S/c1-13-5-9-17(10-6-13)26(24,25)12-18(22)20-16-4-2-3-14(11-16)19(23)21-15-7-8-15/h2-6,9-11,15H,7-8,12H2,1H3,(H,20,22)(H,21,23). The average Bonchev–Trinajstić information content (AvgIpc) is 3.39. The summed E-state index contributed by atoms with van der Waals surface area (Å²) in [5, 5.41) is 5.41. The second-order valence-corrected chi connectivity index (χ2v) is 8.44. The topological polar surface area (TPSA) is 92.3 Å². The summed E-state index contributed by atoms with van der Waals surface area (Å²) in [5.41, 5.74) is 1.75.